The predicted octanol–water partition coefficient (Wildman–Crippen LogP) is 18.8. The van der Waals surface area contributed by atoms with Crippen LogP contribution in [0, 0.1) is 0 Å². The molecule has 0 aliphatic carbocycles. The highest BCUT2D eigenvalue weighted by Gasteiger charge is 2.25. The van der Waals surface area contributed by atoms with Gasteiger partial charge in [-0.3, -0.25) is 9.59 Å². The monoisotopic (exact) mass is 1000 g/mol. The summed E-state index contributed by atoms with van der Waals surface area (Å²) in [6.07, 6.45) is 35.9. The van der Waals surface area contributed by atoms with Gasteiger partial charge < -0.3 is 26.0 Å². The van der Waals surface area contributed by atoms with Crippen LogP contribution in [0.5, 0.6) is 0 Å². The van der Waals surface area contributed by atoms with E-state index >= 15 is 0 Å². The summed E-state index contributed by atoms with van der Waals surface area (Å²) in [5.74, 6) is 0.123. The number of aromatic nitrogens is 2. The number of nitrogens with one attached hydrogen (secondary N) is 4. The summed E-state index contributed by atoms with van der Waals surface area (Å²) < 4.78 is 6.17. The van der Waals surface area contributed by atoms with Gasteiger partial charge in [-0.15, -0.1) is 0 Å². The highest BCUT2D eigenvalue weighted by molar-refractivity contribution is 5.99. The molecule has 2 heterocycles. The minimum Gasteiger partial charge on any atom is -0.494 e. The Balaban J connectivity index is 0.949. The van der Waals surface area contributed by atoms with Crippen LogP contribution in [0.15, 0.2) is 97.8 Å². The molecule has 6 rings (SSSR count). The Hall–Kier alpha value is -5.70. The number of amides is 2. The third-order valence-corrected chi connectivity index (χ3v) is 14.8. The zero-order chi connectivity index (χ0) is 52.2. The molecule has 0 aliphatic heterocycles. The minimum absolute atomic E-state index is 0.0613. The van der Waals surface area contributed by atoms with Crippen LogP contribution in [0.25, 0.3) is 43.6 Å². The van der Waals surface area contributed by atoms with Gasteiger partial charge in [0.2, 0.25) is 11.8 Å². The van der Waals surface area contributed by atoms with Gasteiger partial charge in [0.05, 0.1) is 40.4 Å². The van der Waals surface area contributed by atoms with Crippen LogP contribution in [0.3, 0.4) is 0 Å². The number of carbonyl (C=O) groups is 2. The highest BCUT2D eigenvalue weighted by atomic mass is 16.5. The molecule has 0 spiro atoms. The standard InChI is InChI=1S/C65H92N6O3/c1-6-9-11-13-15-17-19-21-23-25-27-29-31-33-63(72)68-57-41-37-53-43-51-35-39-55(45-59(51)70-61(53)47-57)66-49(4)65(74-8-3)50(5)67-56-40-36-52-44-54-38-42-58(48-62(54)71-60(52)46-56)69-64(73)34-32-30-28-26-24-22-20-18-16-14-12-10-7-2/h8,35-50,65-67H,3,6-7,9-34H2,1-2,4-5H3,(H,68,72)(H,69,73). The van der Waals surface area contributed by atoms with E-state index in [1.807, 2.05) is 36.4 Å². The number of fused-ring (bicyclic) bond motifs is 4. The molecule has 0 radical (unpaired) electrons. The fraction of sp³-hybridized carbons (Fsp3) is 0.538. The fourth-order valence-corrected chi connectivity index (χ4v) is 10.5. The van der Waals surface area contributed by atoms with E-state index in [9.17, 15) is 9.59 Å². The molecule has 2 atom stereocenters. The SMILES string of the molecule is C=COC(C(C)Nc1ccc2cc3ccc(NC(=O)CCCCCCCCCCCCCCC)cc3nc2c1)C(C)Nc1ccc2cc3ccc(NC(=O)CCCCCCCCCCCCCCC)cc3nc2c1. The summed E-state index contributed by atoms with van der Waals surface area (Å²) in [7, 11) is 0. The lowest BCUT2D eigenvalue weighted by Crippen LogP contribution is -2.43. The van der Waals surface area contributed by atoms with E-state index in [2.05, 4.69) is 104 Å². The van der Waals surface area contributed by atoms with E-state index in [4.69, 9.17) is 14.7 Å². The van der Waals surface area contributed by atoms with Gasteiger partial charge in [-0.2, -0.15) is 0 Å². The smallest absolute Gasteiger partial charge is 0.224 e. The Labute approximate surface area is 445 Å². The molecule has 6 aromatic rings. The van der Waals surface area contributed by atoms with Crippen LogP contribution >= 0.6 is 0 Å². The number of unbranched alkanes of at least 4 members (excludes halogenated alkanes) is 24. The van der Waals surface area contributed by atoms with E-state index in [0.717, 1.165) is 92.0 Å². The van der Waals surface area contributed by atoms with Crippen molar-refractivity contribution in [3.8, 4) is 0 Å². The van der Waals surface area contributed by atoms with Crippen molar-refractivity contribution in [3.63, 3.8) is 0 Å². The van der Waals surface area contributed by atoms with Crippen molar-refractivity contribution >= 4 is 78.2 Å². The molecular formula is C65H92N6O3. The normalized spacial score (nSPS) is 12.8. The Morgan fingerprint density at radius 3 is 1.03 bits per heavy atom. The van der Waals surface area contributed by atoms with E-state index in [1.165, 1.54) is 148 Å². The van der Waals surface area contributed by atoms with Gasteiger partial charge >= 0.3 is 0 Å². The van der Waals surface area contributed by atoms with Crippen LogP contribution in [0.2, 0.25) is 0 Å². The molecule has 2 aromatic heterocycles. The molecule has 0 saturated carbocycles. The number of hydrogen-bond donors (Lipinski definition) is 4. The number of hydrogen-bond acceptors (Lipinski definition) is 7. The summed E-state index contributed by atoms with van der Waals surface area (Å²) in [6, 6.07) is 28.6. The zero-order valence-corrected chi connectivity index (χ0v) is 46.0. The highest BCUT2D eigenvalue weighted by Crippen LogP contribution is 2.29. The van der Waals surface area contributed by atoms with Crippen LogP contribution in [0.4, 0.5) is 22.7 Å². The van der Waals surface area contributed by atoms with E-state index in [1.54, 1.807) is 0 Å². The van der Waals surface area contributed by atoms with Crippen LogP contribution in [-0.2, 0) is 14.3 Å². The first-order valence-electron chi connectivity index (χ1n) is 29.3. The van der Waals surface area contributed by atoms with Crippen molar-refractivity contribution in [2.45, 2.75) is 226 Å². The molecule has 0 fully saturated rings. The average Bonchev–Trinajstić information content (AvgIpc) is 3.39. The summed E-state index contributed by atoms with van der Waals surface area (Å²) in [6.45, 7) is 12.7. The number of nitrogens with zero attached hydrogens (tertiary/aromatic N) is 2. The Morgan fingerprint density at radius 1 is 0.432 bits per heavy atom. The summed E-state index contributed by atoms with van der Waals surface area (Å²) in [5.41, 5.74) is 6.83. The Kier molecular flexibility index (Phi) is 25.3. The quantitative estimate of drug-likeness (QED) is 0.0173. The topological polar surface area (TPSA) is 117 Å². The van der Waals surface area contributed by atoms with Crippen molar-refractivity contribution < 1.29 is 14.3 Å². The molecule has 4 N–H and O–H groups in total. The molecule has 9 heteroatoms. The molecule has 9 nitrogen and oxygen atoms in total. The number of anilines is 4. The summed E-state index contributed by atoms with van der Waals surface area (Å²) in [5, 5.41) is 17.7. The number of ether oxygens (including phenoxy) is 1. The Bertz CT molecular complexity index is 2450. The van der Waals surface area contributed by atoms with Crippen molar-refractivity contribution in [3.05, 3.63) is 97.8 Å². The third kappa shape index (κ3) is 19.9. The second-order valence-electron chi connectivity index (χ2n) is 21.3. The molecule has 74 heavy (non-hydrogen) atoms. The number of benzene rings is 4. The zero-order valence-electron chi connectivity index (χ0n) is 46.0. The molecule has 4 aromatic carbocycles. The first-order valence-corrected chi connectivity index (χ1v) is 29.3. The van der Waals surface area contributed by atoms with E-state index in [-0.39, 0.29) is 30.0 Å². The van der Waals surface area contributed by atoms with Crippen molar-refractivity contribution in [1.82, 2.24) is 9.97 Å². The Morgan fingerprint density at radius 2 is 0.716 bits per heavy atom. The van der Waals surface area contributed by atoms with Gasteiger partial charge in [0, 0.05) is 57.1 Å². The predicted molar refractivity (Wildman–Crippen MR) is 318 cm³/mol. The van der Waals surface area contributed by atoms with Crippen LogP contribution in [-0.4, -0.2) is 40.0 Å². The summed E-state index contributed by atoms with van der Waals surface area (Å²) in [4.78, 5) is 35.9. The minimum atomic E-state index is -0.273. The number of carbonyl (C=O) groups excluding carboxylic acids is 2. The molecule has 400 valence electrons. The van der Waals surface area contributed by atoms with Gasteiger partial charge in [0.1, 0.15) is 6.10 Å². The lowest BCUT2D eigenvalue weighted by molar-refractivity contribution is -0.117. The van der Waals surface area contributed by atoms with Gasteiger partial charge in [-0.05, 0) is 87.4 Å². The molecule has 0 aliphatic rings. The molecule has 2 amide bonds. The average molecular weight is 1010 g/mol. The summed E-state index contributed by atoms with van der Waals surface area (Å²) >= 11 is 0. The molecular weight excluding hydrogens is 913 g/mol. The van der Waals surface area contributed by atoms with E-state index in [0.29, 0.717) is 12.8 Å². The number of rotatable bonds is 38. The second kappa shape index (κ2) is 32.6. The molecule has 0 saturated heterocycles. The van der Waals surface area contributed by atoms with Gasteiger partial charge in [-0.1, -0.05) is 199 Å². The molecule has 2 unspecified atom stereocenters. The van der Waals surface area contributed by atoms with Gasteiger partial charge in [-0.25, -0.2) is 9.97 Å². The van der Waals surface area contributed by atoms with Crippen LogP contribution in [0.1, 0.15) is 207 Å². The first kappa shape index (κ1) is 57.6. The fourth-order valence-electron chi connectivity index (χ4n) is 10.5. The van der Waals surface area contributed by atoms with Crippen molar-refractivity contribution in [1.29, 1.82) is 0 Å². The van der Waals surface area contributed by atoms with Gasteiger partial charge in [0.15, 0.2) is 0 Å². The second-order valence-corrected chi connectivity index (χ2v) is 21.3. The van der Waals surface area contributed by atoms with Crippen molar-refractivity contribution in [2.24, 2.45) is 0 Å². The lowest BCUT2D eigenvalue weighted by Gasteiger charge is -2.31. The maximum atomic E-state index is 12.9. The maximum absolute atomic E-state index is 12.9. The maximum Gasteiger partial charge on any atom is 0.224 e. The van der Waals surface area contributed by atoms with Gasteiger partial charge in [0.25, 0.3) is 0 Å². The first-order chi connectivity index (χ1) is 36.2. The number of pyridine rings is 2. The third-order valence-electron chi connectivity index (χ3n) is 14.8. The van der Waals surface area contributed by atoms with Crippen molar-refractivity contribution in [2.75, 3.05) is 21.3 Å². The van der Waals surface area contributed by atoms with Crippen LogP contribution < -0.4 is 21.3 Å². The lowest BCUT2D eigenvalue weighted by atomic mass is 10.0. The molecule has 0 bridgehead atoms. The van der Waals surface area contributed by atoms with E-state index < -0.39 is 0 Å². The largest absolute Gasteiger partial charge is 0.494 e.